The molecule has 59 heavy (non-hydrogen) atoms. The molecular formula is C40H59N9O10. The van der Waals surface area contributed by atoms with Gasteiger partial charge in [0.05, 0.1) is 23.6 Å². The summed E-state index contributed by atoms with van der Waals surface area (Å²) < 4.78 is 17.7. The number of hydrazine groups is 1. The minimum absolute atomic E-state index is 0.0891. The quantitative estimate of drug-likeness (QED) is 0.0396. The van der Waals surface area contributed by atoms with Crippen molar-refractivity contribution in [2.24, 2.45) is 23.4 Å². The van der Waals surface area contributed by atoms with Crippen LogP contribution in [0, 0.1) is 11.8 Å². The maximum absolute atomic E-state index is 14.0. The first-order valence-corrected chi connectivity index (χ1v) is 19.4. The number of Topliss-reactive ketones (excluding diaryl/α,β-unsaturated/α-hetero) is 1. The Bertz CT molecular complexity index is 1880. The first kappa shape index (κ1) is 47.7. The molecule has 4 unspecified atom stereocenters. The van der Waals surface area contributed by atoms with Crippen LogP contribution in [0.5, 0.6) is 0 Å². The van der Waals surface area contributed by atoms with Crippen LogP contribution in [0.1, 0.15) is 76.7 Å². The Morgan fingerprint density at radius 1 is 1.07 bits per heavy atom. The number of aliphatic hydroxyl groups is 1. The Balaban J connectivity index is 1.75. The van der Waals surface area contributed by atoms with Gasteiger partial charge < -0.3 is 46.7 Å². The van der Waals surface area contributed by atoms with Gasteiger partial charge in [-0.3, -0.25) is 24.2 Å². The molecule has 1 aromatic heterocycles. The fourth-order valence-corrected chi connectivity index (χ4v) is 6.74. The lowest BCUT2D eigenvalue weighted by molar-refractivity contribution is -0.120. The SMILES string of the molecule is COC1/C=C\C=C(/C)C(=O)NC2=CC(=O)C(NCCCCCCNC(=O)c3ncn(C(=O)N(C)N)c3N)=C(C[C@@H](C)CC(OC)C(O)[C@@H](C)/C=C(\C)C1OC(N)=O)C2=O. The third-order valence-corrected chi connectivity index (χ3v) is 10.0. The molecule has 6 atom stereocenters. The van der Waals surface area contributed by atoms with Crippen LogP contribution in [0.3, 0.4) is 0 Å². The predicted octanol–water partition coefficient (Wildman–Crippen LogP) is 1.89. The van der Waals surface area contributed by atoms with Crippen molar-refractivity contribution < 1.29 is 48.1 Å². The molecular weight excluding hydrogens is 766 g/mol. The van der Waals surface area contributed by atoms with Crippen LogP contribution in [0.4, 0.5) is 15.4 Å². The summed E-state index contributed by atoms with van der Waals surface area (Å²) in [4.78, 5) is 81.2. The predicted molar refractivity (Wildman–Crippen MR) is 218 cm³/mol. The Hall–Kier alpha value is -5.63. The highest BCUT2D eigenvalue weighted by atomic mass is 16.6. The first-order chi connectivity index (χ1) is 27.9. The van der Waals surface area contributed by atoms with Gasteiger partial charge in [0.2, 0.25) is 11.6 Å². The number of allylic oxidation sites excluding steroid dienone is 4. The Labute approximate surface area is 344 Å². The van der Waals surface area contributed by atoms with Crippen molar-refractivity contribution in [1.29, 1.82) is 0 Å². The molecule has 10 N–H and O–H groups in total. The molecule has 0 radical (unpaired) electrons. The normalized spacial score (nSPS) is 25.8. The Kier molecular flexibility index (Phi) is 18.2. The number of primary amides is 1. The molecule has 0 fully saturated rings. The molecule has 1 aromatic rings. The average molecular weight is 826 g/mol. The molecule has 19 nitrogen and oxygen atoms in total. The lowest BCUT2D eigenvalue weighted by Crippen LogP contribution is -2.38. The zero-order valence-electron chi connectivity index (χ0n) is 34.8. The lowest BCUT2D eigenvalue weighted by Gasteiger charge is -2.30. The van der Waals surface area contributed by atoms with Gasteiger partial charge in [-0.1, -0.05) is 51.0 Å². The number of carbonyl (C=O) groups is 6. The van der Waals surface area contributed by atoms with E-state index in [-0.39, 0.29) is 46.4 Å². The number of nitrogen functional groups attached to an aromatic ring is 1. The highest BCUT2D eigenvalue weighted by Crippen LogP contribution is 2.29. The number of aliphatic hydroxyl groups excluding tert-OH is 1. The number of methoxy groups -OCH3 is 2. The van der Waals surface area contributed by atoms with Gasteiger partial charge in [-0.15, -0.1) is 0 Å². The number of amides is 4. The highest BCUT2D eigenvalue weighted by molar-refractivity contribution is 6.23. The lowest BCUT2D eigenvalue weighted by atomic mass is 9.85. The van der Waals surface area contributed by atoms with Gasteiger partial charge in [0, 0.05) is 57.5 Å². The second-order valence-electron chi connectivity index (χ2n) is 14.8. The van der Waals surface area contributed by atoms with E-state index in [1.54, 1.807) is 26.0 Å². The van der Waals surface area contributed by atoms with Crippen molar-refractivity contribution >= 4 is 41.3 Å². The number of hydrogen-bond acceptors (Lipinski definition) is 14. The number of imidazole rings is 1. The van der Waals surface area contributed by atoms with E-state index in [0.29, 0.717) is 37.9 Å². The number of ketones is 2. The third-order valence-electron chi connectivity index (χ3n) is 10.0. The number of unbranched alkanes of at least 4 members (excludes halogenated alkanes) is 3. The molecule has 2 aliphatic rings. The van der Waals surface area contributed by atoms with Crippen molar-refractivity contribution in [3.05, 3.63) is 70.5 Å². The number of rotatable bonds is 12. The molecule has 0 saturated carbocycles. The summed E-state index contributed by atoms with van der Waals surface area (Å²) in [6.45, 7) is 7.62. The largest absolute Gasteiger partial charge is 0.439 e. The number of nitrogens with two attached hydrogens (primary N) is 3. The van der Waals surface area contributed by atoms with Gasteiger partial charge in [0.25, 0.3) is 11.8 Å². The van der Waals surface area contributed by atoms with Gasteiger partial charge >= 0.3 is 12.1 Å². The van der Waals surface area contributed by atoms with Crippen LogP contribution >= 0.6 is 0 Å². The molecule has 19 heteroatoms. The molecule has 1 aliphatic heterocycles. The summed E-state index contributed by atoms with van der Waals surface area (Å²) in [6, 6.07) is -0.648. The monoisotopic (exact) mass is 825 g/mol. The fourth-order valence-electron chi connectivity index (χ4n) is 6.74. The topological polar surface area (TPSA) is 286 Å². The van der Waals surface area contributed by atoms with Crippen molar-refractivity contribution in [1.82, 2.24) is 30.5 Å². The van der Waals surface area contributed by atoms with E-state index in [0.717, 1.165) is 34.8 Å². The zero-order chi connectivity index (χ0) is 44.0. The van der Waals surface area contributed by atoms with E-state index < -0.39 is 65.8 Å². The maximum atomic E-state index is 14.0. The van der Waals surface area contributed by atoms with Gasteiger partial charge in [0.1, 0.15) is 18.2 Å². The van der Waals surface area contributed by atoms with E-state index in [1.807, 2.05) is 6.92 Å². The van der Waals surface area contributed by atoms with E-state index in [4.69, 9.17) is 31.5 Å². The first-order valence-electron chi connectivity index (χ1n) is 19.4. The highest BCUT2D eigenvalue weighted by Gasteiger charge is 2.33. The number of nitrogens with one attached hydrogen (secondary N) is 3. The van der Waals surface area contributed by atoms with Crippen LogP contribution in [0.15, 0.2) is 64.8 Å². The van der Waals surface area contributed by atoms with Crippen molar-refractivity contribution in [2.75, 3.05) is 40.1 Å². The van der Waals surface area contributed by atoms with E-state index in [2.05, 4.69) is 20.9 Å². The van der Waals surface area contributed by atoms with Gasteiger partial charge in [-0.05, 0) is 51.0 Å². The molecule has 324 valence electrons. The van der Waals surface area contributed by atoms with E-state index >= 15 is 0 Å². The van der Waals surface area contributed by atoms with Crippen LogP contribution in [-0.4, -0.2) is 114 Å². The molecule has 0 spiro atoms. The molecule has 3 rings (SSSR count). The Morgan fingerprint density at radius 2 is 1.75 bits per heavy atom. The number of fused-ring (bicyclic) bond motifs is 2. The minimum atomic E-state index is -1.02. The van der Waals surface area contributed by atoms with Crippen LogP contribution in [0.25, 0.3) is 0 Å². The average Bonchev–Trinajstić information content (AvgIpc) is 3.57. The van der Waals surface area contributed by atoms with Crippen molar-refractivity contribution in [3.8, 4) is 0 Å². The second-order valence-corrected chi connectivity index (χ2v) is 14.8. The molecule has 2 bridgehead atoms. The van der Waals surface area contributed by atoms with Gasteiger partial charge in [0.15, 0.2) is 11.8 Å². The number of ether oxygens (including phenoxy) is 3. The molecule has 2 heterocycles. The number of anilines is 1. The smallest absolute Gasteiger partial charge is 0.405 e. The third kappa shape index (κ3) is 13.2. The number of nitrogens with zero attached hydrogens (tertiary/aromatic N) is 3. The van der Waals surface area contributed by atoms with Crippen molar-refractivity contribution in [2.45, 2.75) is 90.6 Å². The maximum Gasteiger partial charge on any atom is 0.405 e. The minimum Gasteiger partial charge on any atom is -0.439 e. The van der Waals surface area contributed by atoms with E-state index in [1.165, 1.54) is 40.3 Å². The molecule has 0 aromatic carbocycles. The van der Waals surface area contributed by atoms with Crippen LogP contribution in [-0.2, 0) is 28.6 Å². The fraction of sp³-hybridized carbons (Fsp3) is 0.525. The van der Waals surface area contributed by atoms with Crippen LogP contribution < -0.4 is 33.3 Å². The molecule has 4 amide bonds. The standard InChI is InChI=1S/C40H59N9O10/c1-22-17-26-31(44-15-10-8-9-11-16-45-38(54)32-36(41)49(21-46-32)40(56)48(5)43)28(50)20-27(34(26)52)47-37(53)23(2)13-12-14-29(57-6)35(59-39(42)55)25(4)19-24(3)33(51)30(18-22)58-7/h12-14,19-22,24,29-30,33,35,44,51H,8-11,15-18,41,43H2,1-7H3,(H2,42,55)(H,45,54)(H,47,53)/b14-12-,23-13+,25-19+/t22-,24+,29?,30?,33?,35?/m1/s1. The summed E-state index contributed by atoms with van der Waals surface area (Å²) >= 11 is 0. The van der Waals surface area contributed by atoms with Gasteiger partial charge in [-0.2, -0.15) is 0 Å². The summed E-state index contributed by atoms with van der Waals surface area (Å²) in [5, 5.41) is 20.7. The molecule has 1 aliphatic carbocycles. The number of aromatic nitrogens is 2. The number of carbonyl (C=O) groups excluding carboxylic acids is 6. The summed E-state index contributed by atoms with van der Waals surface area (Å²) in [5.41, 5.74) is 12.1. The zero-order valence-corrected chi connectivity index (χ0v) is 34.8. The summed E-state index contributed by atoms with van der Waals surface area (Å²) in [7, 11) is 4.23. The molecule has 0 saturated heterocycles. The number of hydrogen-bond donors (Lipinski definition) is 7. The second kappa shape index (κ2) is 22.5. The summed E-state index contributed by atoms with van der Waals surface area (Å²) in [5.74, 6) is 2.44. The van der Waals surface area contributed by atoms with Gasteiger partial charge in [-0.25, -0.2) is 25.0 Å². The van der Waals surface area contributed by atoms with E-state index in [9.17, 15) is 33.9 Å². The summed E-state index contributed by atoms with van der Waals surface area (Å²) in [6.07, 6.45) is 7.26. The van der Waals surface area contributed by atoms with Crippen molar-refractivity contribution in [3.63, 3.8) is 0 Å². The Morgan fingerprint density at radius 3 is 2.37 bits per heavy atom. The van der Waals surface area contributed by atoms with Crippen LogP contribution in [0.2, 0.25) is 0 Å².